The topological polar surface area (TPSA) is 69.4 Å². The SMILES string of the molecule is FC(F)(F)c1ccc(-c2ccc3c4ccccc4n(-c4ccc(-c5nc(-c6ccccc6)cc(-c6ccccc6)n5)cc4-c4nc(-c5ccccc5)nc(-c5ccccc5)n4)c3c2)c(C(F)(F)F)c1. The van der Waals surface area contributed by atoms with E-state index in [1.54, 1.807) is 12.1 Å². The molecule has 0 unspecified atom stereocenters. The smallest absolute Gasteiger partial charge is 0.308 e. The first-order chi connectivity index (χ1) is 33.5. The maximum atomic E-state index is 14.7. The third kappa shape index (κ3) is 8.26. The normalized spacial score (nSPS) is 11.9. The molecule has 0 spiro atoms. The lowest BCUT2D eigenvalue weighted by Crippen LogP contribution is -2.12. The van der Waals surface area contributed by atoms with E-state index in [0.29, 0.717) is 68.2 Å². The minimum absolute atomic E-state index is 0.0724. The summed E-state index contributed by atoms with van der Waals surface area (Å²) in [7, 11) is 0. The fraction of sp³-hybridized carbons (Fsp3) is 0.0351. The van der Waals surface area contributed by atoms with Gasteiger partial charge in [-0.2, -0.15) is 26.3 Å². The van der Waals surface area contributed by atoms with Gasteiger partial charge in [0.15, 0.2) is 23.3 Å². The van der Waals surface area contributed by atoms with Crippen LogP contribution < -0.4 is 0 Å². The summed E-state index contributed by atoms with van der Waals surface area (Å²) in [5.41, 5.74) is 4.39. The van der Waals surface area contributed by atoms with Crippen molar-refractivity contribution in [3.05, 3.63) is 217 Å². The van der Waals surface area contributed by atoms with Gasteiger partial charge in [-0.15, -0.1) is 0 Å². The molecule has 3 aromatic heterocycles. The van der Waals surface area contributed by atoms with E-state index in [9.17, 15) is 26.3 Å². The molecular weight excluding hydrogens is 883 g/mol. The molecule has 8 aromatic carbocycles. The maximum absolute atomic E-state index is 14.7. The minimum atomic E-state index is -5.09. The second-order valence-corrected chi connectivity index (χ2v) is 16.3. The number of rotatable bonds is 8. The van der Waals surface area contributed by atoms with Crippen molar-refractivity contribution < 1.29 is 26.3 Å². The van der Waals surface area contributed by atoms with Crippen molar-refractivity contribution >= 4 is 21.8 Å². The molecule has 0 N–H and O–H groups in total. The summed E-state index contributed by atoms with van der Waals surface area (Å²) in [5, 5.41) is 1.48. The molecule has 334 valence electrons. The number of nitrogens with zero attached hydrogens (tertiary/aromatic N) is 6. The lowest BCUT2D eigenvalue weighted by molar-refractivity contribution is -0.142. The predicted molar refractivity (Wildman–Crippen MR) is 258 cm³/mol. The van der Waals surface area contributed by atoms with Crippen LogP contribution in [0.2, 0.25) is 0 Å². The summed E-state index contributed by atoms with van der Waals surface area (Å²) >= 11 is 0. The van der Waals surface area contributed by atoms with Crippen LogP contribution in [-0.2, 0) is 12.4 Å². The molecule has 0 amide bonds. The Morgan fingerprint density at radius 3 is 1.38 bits per heavy atom. The fourth-order valence-electron chi connectivity index (χ4n) is 8.67. The first-order valence-electron chi connectivity index (χ1n) is 21.8. The van der Waals surface area contributed by atoms with Crippen molar-refractivity contribution in [1.82, 2.24) is 29.5 Å². The van der Waals surface area contributed by atoms with E-state index in [1.807, 2.05) is 174 Å². The summed E-state index contributed by atoms with van der Waals surface area (Å²) < 4.78 is 87.5. The van der Waals surface area contributed by atoms with Crippen LogP contribution in [0.3, 0.4) is 0 Å². The molecule has 0 bridgehead atoms. The Morgan fingerprint density at radius 1 is 0.319 bits per heavy atom. The molecule has 0 aliphatic heterocycles. The van der Waals surface area contributed by atoms with E-state index < -0.39 is 29.0 Å². The van der Waals surface area contributed by atoms with Crippen LogP contribution >= 0.6 is 0 Å². The van der Waals surface area contributed by atoms with Gasteiger partial charge in [-0.3, -0.25) is 0 Å². The number of hydrogen-bond acceptors (Lipinski definition) is 5. The Labute approximate surface area is 390 Å². The Bertz CT molecular complexity index is 3570. The van der Waals surface area contributed by atoms with E-state index in [-0.39, 0.29) is 17.5 Å². The van der Waals surface area contributed by atoms with Gasteiger partial charge in [-0.05, 0) is 59.7 Å². The molecule has 11 aromatic rings. The van der Waals surface area contributed by atoms with Crippen molar-refractivity contribution in [3.63, 3.8) is 0 Å². The van der Waals surface area contributed by atoms with Gasteiger partial charge in [0.1, 0.15) is 0 Å². The van der Waals surface area contributed by atoms with Gasteiger partial charge >= 0.3 is 12.4 Å². The van der Waals surface area contributed by atoms with Gasteiger partial charge < -0.3 is 4.57 Å². The number of para-hydroxylation sites is 1. The average Bonchev–Trinajstić information content (AvgIpc) is 3.72. The third-order valence-corrected chi connectivity index (χ3v) is 11.9. The largest absolute Gasteiger partial charge is 0.417 e. The van der Waals surface area contributed by atoms with Crippen molar-refractivity contribution in [2.24, 2.45) is 0 Å². The van der Waals surface area contributed by atoms with Gasteiger partial charge in [-0.25, -0.2) is 24.9 Å². The molecule has 11 rings (SSSR count). The van der Waals surface area contributed by atoms with E-state index in [1.165, 1.54) is 6.07 Å². The number of benzene rings is 8. The second-order valence-electron chi connectivity index (χ2n) is 16.3. The second kappa shape index (κ2) is 17.1. The maximum Gasteiger partial charge on any atom is 0.417 e. The zero-order valence-electron chi connectivity index (χ0n) is 36.1. The summed E-state index contributed by atoms with van der Waals surface area (Å²) in [6.07, 6.45) is -10.1. The van der Waals surface area contributed by atoms with Gasteiger partial charge in [-0.1, -0.05) is 158 Å². The highest BCUT2D eigenvalue weighted by molar-refractivity contribution is 6.11. The van der Waals surface area contributed by atoms with Crippen LogP contribution in [0.4, 0.5) is 26.3 Å². The fourth-order valence-corrected chi connectivity index (χ4v) is 8.67. The first kappa shape index (κ1) is 42.8. The molecule has 0 radical (unpaired) electrons. The first-order valence-corrected chi connectivity index (χ1v) is 21.8. The number of hydrogen-bond donors (Lipinski definition) is 0. The molecule has 0 aliphatic rings. The van der Waals surface area contributed by atoms with Crippen LogP contribution in [0.15, 0.2) is 206 Å². The van der Waals surface area contributed by atoms with Crippen molar-refractivity contribution in [3.8, 4) is 84.9 Å². The zero-order valence-corrected chi connectivity index (χ0v) is 36.1. The summed E-state index contributed by atoms with van der Waals surface area (Å²) in [4.78, 5) is 25.4. The molecule has 0 saturated carbocycles. The average molecular weight is 917 g/mol. The molecule has 0 fully saturated rings. The van der Waals surface area contributed by atoms with Gasteiger partial charge in [0, 0.05) is 44.2 Å². The Hall–Kier alpha value is -8.77. The van der Waals surface area contributed by atoms with Crippen molar-refractivity contribution in [2.75, 3.05) is 0 Å². The highest BCUT2D eigenvalue weighted by atomic mass is 19.4. The summed E-state index contributed by atoms with van der Waals surface area (Å²) in [6, 6.07) is 60.3. The quantitative estimate of drug-likeness (QED) is 0.142. The molecule has 0 aliphatic carbocycles. The molecule has 12 heteroatoms. The molecule has 0 atom stereocenters. The standard InChI is InChI=1S/C57H34F6N6/c58-56(59,60)41-27-29-42(46(33-41)57(61,62)63)39-25-28-44-43-23-13-14-24-49(43)69(51(44)32-39)50-30-26-40(54-64-47(35-15-5-1-6-16-35)34-48(65-54)36-17-7-2-8-18-36)31-45(50)55-67-52(37-19-9-3-10-20-37)66-53(68-55)38-21-11-4-12-22-38/h1-34H. The van der Waals surface area contributed by atoms with E-state index >= 15 is 0 Å². The lowest BCUT2D eigenvalue weighted by Gasteiger charge is -2.18. The highest BCUT2D eigenvalue weighted by Crippen LogP contribution is 2.44. The van der Waals surface area contributed by atoms with Gasteiger partial charge in [0.2, 0.25) is 0 Å². The van der Waals surface area contributed by atoms with Crippen LogP contribution in [0.1, 0.15) is 11.1 Å². The molecule has 0 saturated heterocycles. The molecule has 3 heterocycles. The van der Waals surface area contributed by atoms with Gasteiger partial charge in [0.25, 0.3) is 0 Å². The monoisotopic (exact) mass is 916 g/mol. The predicted octanol–water partition coefficient (Wildman–Crippen LogP) is 15.5. The number of halogens is 6. The van der Waals surface area contributed by atoms with E-state index in [2.05, 4.69) is 0 Å². The van der Waals surface area contributed by atoms with E-state index in [4.69, 9.17) is 24.9 Å². The van der Waals surface area contributed by atoms with Crippen LogP contribution in [0.5, 0.6) is 0 Å². The minimum Gasteiger partial charge on any atom is -0.308 e. The van der Waals surface area contributed by atoms with Crippen LogP contribution in [0.25, 0.3) is 107 Å². The molecular formula is C57H34F6N6. The Morgan fingerprint density at radius 2 is 0.812 bits per heavy atom. The summed E-state index contributed by atoms with van der Waals surface area (Å²) in [6.45, 7) is 0. The Kier molecular flexibility index (Phi) is 10.6. The van der Waals surface area contributed by atoms with Crippen molar-refractivity contribution in [2.45, 2.75) is 12.4 Å². The zero-order chi connectivity index (χ0) is 47.3. The number of alkyl halides is 6. The number of aromatic nitrogens is 6. The number of fused-ring (bicyclic) bond motifs is 3. The highest BCUT2D eigenvalue weighted by Gasteiger charge is 2.38. The van der Waals surface area contributed by atoms with Crippen LogP contribution in [0, 0.1) is 0 Å². The van der Waals surface area contributed by atoms with E-state index in [0.717, 1.165) is 33.7 Å². The molecule has 69 heavy (non-hydrogen) atoms. The van der Waals surface area contributed by atoms with Gasteiger partial charge in [0.05, 0.1) is 39.2 Å². The lowest BCUT2D eigenvalue weighted by atomic mass is 9.96. The van der Waals surface area contributed by atoms with Crippen molar-refractivity contribution in [1.29, 1.82) is 0 Å². The third-order valence-electron chi connectivity index (χ3n) is 11.9. The molecule has 6 nitrogen and oxygen atoms in total. The Balaban J connectivity index is 1.21. The summed E-state index contributed by atoms with van der Waals surface area (Å²) in [5.74, 6) is 1.49. The van der Waals surface area contributed by atoms with Crippen LogP contribution in [-0.4, -0.2) is 29.5 Å².